The Labute approximate surface area is 455 Å². The third kappa shape index (κ3) is 25.8. The molecule has 2 aromatic heterocycles. The number of fused-ring (bicyclic) bond motifs is 1. The molecule has 0 aliphatic carbocycles. The first kappa shape index (κ1) is 68.9. The van der Waals surface area contributed by atoms with E-state index >= 15 is 0 Å². The molecule has 71 heavy (non-hydrogen) atoms. The molecule has 0 aliphatic heterocycles. The van der Waals surface area contributed by atoms with Gasteiger partial charge in [0.05, 0.1) is 37.1 Å². The molecule has 0 spiro atoms. The number of ether oxygens (including phenoxy) is 3. The number of alkyl halides is 4. The molecule has 5 rings (SSSR count). The average Bonchev–Trinajstić information content (AvgIpc) is 3.76. The molecule has 6 atom stereocenters. The number of hydrogen-bond donors (Lipinski definition) is 2. The van der Waals surface area contributed by atoms with E-state index in [1.165, 1.54) is 6.07 Å². The highest BCUT2D eigenvalue weighted by molar-refractivity contribution is 9.16. The summed E-state index contributed by atoms with van der Waals surface area (Å²) in [7, 11) is 15.2. The van der Waals surface area contributed by atoms with Crippen molar-refractivity contribution in [3.63, 3.8) is 0 Å². The molecular weight excluding hydrogens is 1340 g/mol. The Hall–Kier alpha value is -0.0700. The van der Waals surface area contributed by atoms with Gasteiger partial charge in [0.25, 0.3) is 0 Å². The highest BCUT2D eigenvalue weighted by atomic mass is 79.9. The fourth-order valence-electron chi connectivity index (χ4n) is 5.20. The number of pyridine rings is 1. The molecule has 0 radical (unpaired) electrons. The lowest BCUT2D eigenvalue weighted by molar-refractivity contribution is -0.153. The standard InChI is InChI=1S/C12H17BrN2O3.C12H10O.C11H12BrFO5S.C6H4BrF3O.H12P10/c1-12(2,3)18-11(16)15-7-9-10(17-4)5-8(13)6-14-9;1-9-6-7-10-4-2-3-5-11(10)12(9)8-13;1-2-18-11(15)6-19(16,17)10-4-7(12)3-9(13)8(10)5-14;7-3-4-1-2-5(11-4)6(8,9)10;1-7(2)10(8(3)4)9(5)6/h5-6H,7H2,1-4H3,(H,15,16);2-8H,1H3;3-4,14H,2,5-6H2,1H3;1-2H,3H2;1-6H2. The number of furan rings is 1. The molecule has 394 valence electrons. The van der Waals surface area contributed by atoms with E-state index in [1.807, 2.05) is 64.1 Å². The number of carbonyl (C=O) groups is 3. The maximum absolute atomic E-state index is 13.6. The molecule has 3 aromatic carbocycles. The van der Waals surface area contributed by atoms with E-state index in [0.717, 1.165) is 50.9 Å². The number of aliphatic hydroxyl groups excluding tert-OH is 1. The molecule has 5 aromatic rings. The van der Waals surface area contributed by atoms with Crippen LogP contribution in [0.3, 0.4) is 0 Å². The Bertz CT molecular complexity index is 2600. The molecule has 12 nitrogen and oxygen atoms in total. The molecule has 2 heterocycles. The zero-order valence-corrected chi connectivity index (χ0v) is 55.0. The lowest BCUT2D eigenvalue weighted by Gasteiger charge is -2.27. The Balaban J connectivity index is 0.000000453. The largest absolute Gasteiger partial charge is 0.495 e. The number of carbonyl (C=O) groups excluding carboxylic acids is 3. The van der Waals surface area contributed by atoms with Gasteiger partial charge in [0.1, 0.15) is 28.6 Å². The predicted octanol–water partition coefficient (Wildman–Crippen LogP) is 15.8. The minimum absolute atomic E-state index is 0.0497. The fraction of sp³-hybridized carbons (Fsp3) is 0.317. The van der Waals surface area contributed by atoms with Gasteiger partial charge in [-0.05, 0) is 125 Å². The van der Waals surface area contributed by atoms with Crippen molar-refractivity contribution in [2.75, 3.05) is 19.5 Å². The maximum Gasteiger partial charge on any atom is 0.449 e. The van der Waals surface area contributed by atoms with Crippen LogP contribution in [0.2, 0.25) is 0 Å². The summed E-state index contributed by atoms with van der Waals surface area (Å²) in [6.45, 7) is 9.08. The molecule has 6 unspecified atom stereocenters. The van der Waals surface area contributed by atoms with Crippen molar-refractivity contribution in [2.45, 2.75) is 69.8 Å². The second-order valence-corrected chi connectivity index (χ2v) is 55.7. The lowest BCUT2D eigenvalue weighted by atomic mass is 10.0. The van der Waals surface area contributed by atoms with E-state index in [1.54, 1.807) is 26.3 Å². The van der Waals surface area contributed by atoms with Crippen LogP contribution >= 0.6 is 129 Å². The highest BCUT2D eigenvalue weighted by Gasteiger charge is 2.34. The number of sulfone groups is 1. The van der Waals surface area contributed by atoms with E-state index in [-0.39, 0.29) is 56.9 Å². The number of aliphatic hydroxyl groups is 1. The summed E-state index contributed by atoms with van der Waals surface area (Å²) in [6, 6.07) is 18.1. The van der Waals surface area contributed by atoms with E-state index < -0.39 is 62.5 Å². The molecule has 2 N–H and O–H groups in total. The molecule has 30 heteroatoms. The first-order valence-electron chi connectivity index (χ1n) is 19.9. The van der Waals surface area contributed by atoms with Crippen molar-refractivity contribution < 1.29 is 64.1 Å². The van der Waals surface area contributed by atoms with E-state index in [9.17, 15) is 40.4 Å². The zero-order valence-electron chi connectivity index (χ0n) is 38.9. The molecule has 0 saturated carbocycles. The third-order valence-electron chi connectivity index (χ3n) is 8.14. The number of methoxy groups -OCH3 is 1. The minimum atomic E-state index is -4.37. The second kappa shape index (κ2) is 33.9. The van der Waals surface area contributed by atoms with Crippen LogP contribution in [0.15, 0.2) is 91.2 Å². The van der Waals surface area contributed by atoms with Gasteiger partial charge in [-0.15, -0.1) is 53.6 Å². The van der Waals surface area contributed by atoms with Crippen LogP contribution in [-0.2, 0) is 48.8 Å². The van der Waals surface area contributed by atoms with Crippen molar-refractivity contribution in [3.05, 3.63) is 122 Å². The number of aldehydes is 1. The summed E-state index contributed by atoms with van der Waals surface area (Å²) in [6.07, 6.45) is -2.28. The van der Waals surface area contributed by atoms with Crippen LogP contribution in [0.1, 0.15) is 66.4 Å². The summed E-state index contributed by atoms with van der Waals surface area (Å²) in [5.41, 5.74) is 1.60. The fourth-order valence-corrected chi connectivity index (χ4v) is 94.4. The van der Waals surface area contributed by atoms with Gasteiger partial charge in [-0.3, -0.25) is 14.6 Å². The molecule has 0 saturated heterocycles. The highest BCUT2D eigenvalue weighted by Crippen LogP contribution is 3.10. The topological polar surface area (TPSA) is 171 Å². The van der Waals surface area contributed by atoms with Crippen molar-refractivity contribution >= 4 is 168 Å². The first-order chi connectivity index (χ1) is 33.0. The Morgan fingerprint density at radius 2 is 1.54 bits per heavy atom. The van der Waals surface area contributed by atoms with E-state index in [4.69, 9.17) is 14.6 Å². The number of nitrogens with one attached hydrogen (secondary N) is 1. The van der Waals surface area contributed by atoms with Crippen molar-refractivity contribution in [1.82, 2.24) is 10.3 Å². The second-order valence-electron chi connectivity index (χ2n) is 14.7. The number of aromatic nitrogens is 1. The number of nitrogens with zero attached hydrogens (tertiary/aromatic N) is 1. The number of benzene rings is 3. The van der Waals surface area contributed by atoms with Gasteiger partial charge in [0.2, 0.25) is 5.76 Å². The zero-order chi connectivity index (χ0) is 54.4. The van der Waals surface area contributed by atoms with Gasteiger partial charge in [-0.1, -0.05) is 68.3 Å². The molecule has 1 amide bonds. The summed E-state index contributed by atoms with van der Waals surface area (Å²) < 4.78 is 93.3. The van der Waals surface area contributed by atoms with Gasteiger partial charge < -0.3 is 29.1 Å². The minimum Gasteiger partial charge on any atom is -0.495 e. The SMILES string of the molecule is CCOC(=O)CS(=O)(=O)c1cc(Br)cc(F)c1CO.COc1cc(Br)cnc1CNC(=O)OC(C)(C)C.Cc1ccc2ccccc2c1C=O.FC(F)(F)c1ccc(CBr)o1.PP(P)P(P(P)P)P(P)P. The Morgan fingerprint density at radius 1 is 0.930 bits per heavy atom. The lowest BCUT2D eigenvalue weighted by Crippen LogP contribution is -2.32. The summed E-state index contributed by atoms with van der Waals surface area (Å²) in [5, 5.41) is 14.1. The van der Waals surface area contributed by atoms with Crippen molar-refractivity contribution in [2.24, 2.45) is 0 Å². The summed E-state index contributed by atoms with van der Waals surface area (Å²) in [5.74, 6) is -2.75. The Morgan fingerprint density at radius 3 is 2.00 bits per heavy atom. The molecule has 0 bridgehead atoms. The number of amides is 1. The normalized spacial score (nSPS) is 11.3. The van der Waals surface area contributed by atoms with Gasteiger partial charge >= 0.3 is 18.2 Å². The maximum atomic E-state index is 13.6. The van der Waals surface area contributed by atoms with Crippen molar-refractivity contribution in [1.29, 1.82) is 0 Å². The molecule has 0 aliphatic rings. The van der Waals surface area contributed by atoms with Gasteiger partial charge in [0.15, 0.2) is 21.9 Å². The van der Waals surface area contributed by atoms with E-state index in [0.29, 0.717) is 16.8 Å². The number of esters is 1. The molecular formula is C41H55Br3F4N2O10P10S. The van der Waals surface area contributed by atoms with Gasteiger partial charge in [-0.25, -0.2) is 17.6 Å². The quantitative estimate of drug-likeness (QED) is 0.0378. The first-order valence-corrected chi connectivity index (χ1v) is 41.5. The molecule has 0 fully saturated rings. The van der Waals surface area contributed by atoms with Crippen molar-refractivity contribution in [3.8, 4) is 5.75 Å². The monoisotopic (exact) mass is 1390 g/mol. The van der Waals surface area contributed by atoms with Crippen LogP contribution in [0.4, 0.5) is 22.4 Å². The number of alkyl carbamates (subject to hydrolysis) is 1. The van der Waals surface area contributed by atoms with Gasteiger partial charge in [-0.2, -0.15) is 13.2 Å². The smallest absolute Gasteiger partial charge is 0.449 e. The number of aryl methyl sites for hydroxylation is 1. The third-order valence-corrected chi connectivity index (χ3v) is 60.8. The van der Waals surface area contributed by atoms with Crippen LogP contribution in [-0.4, -0.2) is 61.9 Å². The number of rotatable bonds is 13. The van der Waals surface area contributed by atoms with E-state index in [2.05, 4.69) is 121 Å². The average molecular weight is 1390 g/mol. The number of hydrogen-bond acceptors (Lipinski definition) is 11. The summed E-state index contributed by atoms with van der Waals surface area (Å²) >= 11 is 9.24. The van der Waals surface area contributed by atoms with Crippen LogP contribution in [0.25, 0.3) is 10.8 Å². The van der Waals surface area contributed by atoms with Crippen LogP contribution in [0, 0.1) is 12.7 Å². The predicted molar refractivity (Wildman–Crippen MR) is 317 cm³/mol. The Kier molecular flexibility index (Phi) is 33.0. The van der Waals surface area contributed by atoms with Crippen LogP contribution in [0.5, 0.6) is 5.75 Å². The summed E-state index contributed by atoms with van der Waals surface area (Å²) in [4.78, 5) is 37.3. The van der Waals surface area contributed by atoms with Crippen LogP contribution < -0.4 is 10.1 Å². The number of halogens is 7. The van der Waals surface area contributed by atoms with Gasteiger partial charge in [0, 0.05) is 26.3 Å².